The third-order valence-corrected chi connectivity index (χ3v) is 5.31. The minimum absolute atomic E-state index is 0.131. The number of hydrogen-bond acceptors (Lipinski definition) is 5. The van der Waals surface area contributed by atoms with Gasteiger partial charge in [-0.1, -0.05) is 0 Å². The predicted octanol–water partition coefficient (Wildman–Crippen LogP) is 4.58. The first-order valence-corrected chi connectivity index (χ1v) is 10.6. The van der Waals surface area contributed by atoms with E-state index in [1.54, 1.807) is 36.8 Å². The van der Waals surface area contributed by atoms with E-state index in [9.17, 15) is 9.59 Å². The summed E-state index contributed by atoms with van der Waals surface area (Å²) in [6.45, 7) is 4.12. The zero-order chi connectivity index (χ0) is 22.0. The van der Waals surface area contributed by atoms with E-state index in [2.05, 4.69) is 50.0 Å². The smallest absolute Gasteiger partial charge is 0.230 e. The van der Waals surface area contributed by atoms with Gasteiger partial charge in [0.05, 0.1) is 17.5 Å². The molecule has 0 fully saturated rings. The molecule has 4 aromatic rings. The van der Waals surface area contributed by atoms with Gasteiger partial charge in [-0.25, -0.2) is 0 Å². The van der Waals surface area contributed by atoms with Crippen molar-refractivity contribution in [3.05, 3.63) is 82.7 Å². The molecule has 8 heteroatoms. The van der Waals surface area contributed by atoms with E-state index in [0.29, 0.717) is 16.9 Å². The van der Waals surface area contributed by atoms with Crippen LogP contribution < -0.4 is 5.32 Å². The Balaban J connectivity index is 1.57. The summed E-state index contributed by atoms with van der Waals surface area (Å²) in [6, 6.07) is 8.95. The van der Waals surface area contributed by atoms with Crippen molar-refractivity contribution in [3.8, 4) is 0 Å². The number of ketones is 1. The van der Waals surface area contributed by atoms with E-state index in [4.69, 9.17) is 0 Å². The van der Waals surface area contributed by atoms with Crippen molar-refractivity contribution in [3.63, 3.8) is 0 Å². The molecule has 0 bridgehead atoms. The van der Waals surface area contributed by atoms with Crippen LogP contribution in [0.3, 0.4) is 0 Å². The maximum absolute atomic E-state index is 13.2. The molecule has 0 unspecified atom stereocenters. The van der Waals surface area contributed by atoms with Gasteiger partial charge in [0.25, 0.3) is 0 Å². The second-order valence-electron chi connectivity index (χ2n) is 7.39. The topological polar surface area (TPSA) is 89.8 Å². The van der Waals surface area contributed by atoms with E-state index < -0.39 is 0 Å². The van der Waals surface area contributed by atoms with Crippen LogP contribution in [0.5, 0.6) is 0 Å². The maximum atomic E-state index is 13.2. The number of pyridine rings is 3. The van der Waals surface area contributed by atoms with Crippen molar-refractivity contribution in [1.29, 1.82) is 0 Å². The van der Waals surface area contributed by atoms with Crippen molar-refractivity contribution >= 4 is 44.2 Å². The second kappa shape index (κ2) is 8.77. The highest BCUT2D eigenvalue weighted by molar-refractivity contribution is 9.10. The van der Waals surface area contributed by atoms with Crippen molar-refractivity contribution in [2.75, 3.05) is 5.32 Å². The summed E-state index contributed by atoms with van der Waals surface area (Å²) >= 11 is 3.32. The van der Waals surface area contributed by atoms with E-state index in [1.807, 2.05) is 22.9 Å². The Hall–Kier alpha value is -3.39. The van der Waals surface area contributed by atoms with Crippen LogP contribution in [-0.4, -0.2) is 31.2 Å². The number of anilines is 1. The van der Waals surface area contributed by atoms with Crippen molar-refractivity contribution in [1.82, 2.24) is 19.5 Å². The number of carbonyl (C=O) groups is 2. The van der Waals surface area contributed by atoms with Gasteiger partial charge in [-0.3, -0.25) is 24.5 Å². The van der Waals surface area contributed by atoms with E-state index in [1.165, 1.54) is 6.20 Å². The van der Waals surface area contributed by atoms with Crippen LogP contribution >= 0.6 is 15.9 Å². The predicted molar refractivity (Wildman–Crippen MR) is 122 cm³/mol. The lowest BCUT2D eigenvalue weighted by molar-refractivity contribution is -0.115. The van der Waals surface area contributed by atoms with Crippen molar-refractivity contribution in [2.24, 2.45) is 0 Å². The van der Waals surface area contributed by atoms with Gasteiger partial charge in [0.1, 0.15) is 5.69 Å². The molecule has 0 atom stereocenters. The summed E-state index contributed by atoms with van der Waals surface area (Å²) in [5.41, 5.74) is 2.89. The largest absolute Gasteiger partial charge is 0.344 e. The highest BCUT2D eigenvalue weighted by Gasteiger charge is 2.19. The fraction of sp³-hybridized carbons (Fsp3) is 0.174. The zero-order valence-electron chi connectivity index (χ0n) is 17.0. The quantitative estimate of drug-likeness (QED) is 0.410. The highest BCUT2D eigenvalue weighted by atomic mass is 79.9. The molecule has 0 aromatic carbocycles. The Morgan fingerprint density at radius 1 is 1.10 bits per heavy atom. The summed E-state index contributed by atoms with van der Waals surface area (Å²) in [7, 11) is 0. The number of aromatic nitrogens is 4. The molecule has 0 radical (unpaired) electrons. The number of fused-ring (bicyclic) bond motifs is 1. The molecule has 0 aliphatic rings. The minimum atomic E-state index is -0.222. The summed E-state index contributed by atoms with van der Waals surface area (Å²) in [4.78, 5) is 38.2. The first-order chi connectivity index (χ1) is 14.9. The number of nitrogens with one attached hydrogen (secondary N) is 1. The van der Waals surface area contributed by atoms with Crippen molar-refractivity contribution < 1.29 is 9.59 Å². The van der Waals surface area contributed by atoms with Crippen LogP contribution in [0.15, 0.2) is 65.8 Å². The fourth-order valence-corrected chi connectivity index (χ4v) is 3.59. The van der Waals surface area contributed by atoms with Crippen LogP contribution in [0.1, 0.15) is 41.6 Å². The number of carbonyl (C=O) groups excluding carboxylic acids is 2. The molecule has 4 heterocycles. The van der Waals surface area contributed by atoms with Gasteiger partial charge in [-0.05, 0) is 60.1 Å². The lowest BCUT2D eigenvalue weighted by Crippen LogP contribution is -2.16. The third-order valence-electron chi connectivity index (χ3n) is 4.84. The number of halogens is 1. The zero-order valence-corrected chi connectivity index (χ0v) is 18.6. The van der Waals surface area contributed by atoms with E-state index in [0.717, 1.165) is 15.4 Å². The standard InChI is InChI=1S/C23H20BrN5O2/c1-14(2)29-13-19(18-12-25-7-6-21(18)29)23(31)20-9-17(5-8-26-20)28-22(30)10-16-4-3-15(24)11-27-16/h3-9,11-14H,10H2,1-2H3,(H,26,28,30). The number of nitrogens with zero attached hydrogens (tertiary/aromatic N) is 4. The summed E-state index contributed by atoms with van der Waals surface area (Å²) in [6.07, 6.45) is 8.54. The SMILES string of the molecule is CC(C)n1cc(C(=O)c2cc(NC(=O)Cc3ccc(Br)cn3)ccn2)c2cnccc21. The van der Waals surface area contributed by atoms with Gasteiger partial charge in [-0.15, -0.1) is 0 Å². The molecular formula is C23H20BrN5O2. The first kappa shape index (κ1) is 20.9. The summed E-state index contributed by atoms with van der Waals surface area (Å²) in [5, 5.41) is 3.59. The van der Waals surface area contributed by atoms with Gasteiger partial charge in [-0.2, -0.15) is 0 Å². The van der Waals surface area contributed by atoms with Gasteiger partial charge in [0.2, 0.25) is 11.7 Å². The van der Waals surface area contributed by atoms with Gasteiger partial charge < -0.3 is 9.88 Å². The Morgan fingerprint density at radius 2 is 1.94 bits per heavy atom. The highest BCUT2D eigenvalue weighted by Crippen LogP contribution is 2.26. The molecule has 0 saturated heterocycles. The van der Waals surface area contributed by atoms with Crippen LogP contribution in [0.2, 0.25) is 0 Å². The van der Waals surface area contributed by atoms with Crippen LogP contribution in [-0.2, 0) is 11.2 Å². The molecule has 4 rings (SSSR count). The minimum Gasteiger partial charge on any atom is -0.344 e. The van der Waals surface area contributed by atoms with Crippen LogP contribution in [0.4, 0.5) is 5.69 Å². The molecule has 31 heavy (non-hydrogen) atoms. The molecule has 1 N–H and O–H groups in total. The molecule has 156 valence electrons. The van der Waals surface area contributed by atoms with Gasteiger partial charge in [0, 0.05) is 58.3 Å². The third kappa shape index (κ3) is 4.54. The number of hydrogen-bond donors (Lipinski definition) is 1. The molecule has 4 aromatic heterocycles. The summed E-state index contributed by atoms with van der Waals surface area (Å²) < 4.78 is 2.89. The normalized spacial score (nSPS) is 11.1. The average molecular weight is 478 g/mol. The van der Waals surface area contributed by atoms with Crippen molar-refractivity contribution in [2.45, 2.75) is 26.3 Å². The Morgan fingerprint density at radius 3 is 2.68 bits per heavy atom. The van der Waals surface area contributed by atoms with Gasteiger partial charge in [0.15, 0.2) is 0 Å². The van der Waals surface area contributed by atoms with Crippen LogP contribution in [0, 0.1) is 0 Å². The fourth-order valence-electron chi connectivity index (χ4n) is 3.36. The monoisotopic (exact) mass is 477 g/mol. The Labute approximate surface area is 187 Å². The Bertz CT molecular complexity index is 1260. The number of amides is 1. The first-order valence-electron chi connectivity index (χ1n) is 9.78. The maximum Gasteiger partial charge on any atom is 0.230 e. The molecule has 0 spiro atoms. The molecule has 7 nitrogen and oxygen atoms in total. The Kier molecular flexibility index (Phi) is 5.90. The molecule has 0 aliphatic carbocycles. The van der Waals surface area contributed by atoms with Crippen LogP contribution in [0.25, 0.3) is 10.9 Å². The molecule has 1 amide bonds. The van der Waals surface area contributed by atoms with Gasteiger partial charge >= 0.3 is 0 Å². The second-order valence-corrected chi connectivity index (χ2v) is 8.30. The molecular weight excluding hydrogens is 458 g/mol. The number of rotatable bonds is 6. The molecule has 0 saturated carbocycles. The summed E-state index contributed by atoms with van der Waals surface area (Å²) in [5.74, 6) is -0.442. The van der Waals surface area contributed by atoms with E-state index >= 15 is 0 Å². The molecule has 0 aliphatic heterocycles. The lowest BCUT2D eigenvalue weighted by Gasteiger charge is -2.08. The lowest BCUT2D eigenvalue weighted by atomic mass is 10.1. The van der Waals surface area contributed by atoms with E-state index in [-0.39, 0.29) is 29.8 Å². The average Bonchev–Trinajstić information content (AvgIpc) is 3.15.